The molecule has 0 aliphatic carbocycles. The Morgan fingerprint density at radius 3 is 2.21 bits per heavy atom. The lowest BCUT2D eigenvalue weighted by molar-refractivity contribution is -0.132. The summed E-state index contributed by atoms with van der Waals surface area (Å²) < 4.78 is 27.4. The number of nitrogen functional groups attached to an aromatic ring is 1. The molecule has 29 heavy (non-hydrogen) atoms. The summed E-state index contributed by atoms with van der Waals surface area (Å²) in [6.07, 6.45) is 1.08. The van der Waals surface area contributed by atoms with E-state index in [1.807, 2.05) is 24.0 Å². The molecule has 1 unspecified atom stereocenters. The minimum absolute atomic E-state index is 0. The van der Waals surface area contributed by atoms with Crippen LogP contribution in [-0.2, 0) is 11.2 Å². The first-order valence-electron chi connectivity index (χ1n) is 9.29. The fourth-order valence-corrected chi connectivity index (χ4v) is 3.65. The monoisotopic (exact) mass is 445 g/mol. The van der Waals surface area contributed by atoms with Crippen molar-refractivity contribution in [2.45, 2.75) is 25.8 Å². The molecular formula is C21H27Cl2F2N3O. The molecule has 2 aromatic carbocycles. The fourth-order valence-electron chi connectivity index (χ4n) is 3.65. The minimum Gasteiger partial charge on any atom is -0.399 e. The number of hydrogen-bond donors (Lipinski definition) is 1. The van der Waals surface area contributed by atoms with Crippen molar-refractivity contribution in [1.82, 2.24) is 9.80 Å². The lowest BCUT2D eigenvalue weighted by Crippen LogP contribution is -2.50. The van der Waals surface area contributed by atoms with Gasteiger partial charge in [-0.15, -0.1) is 24.8 Å². The smallest absolute Gasteiger partial charge is 0.227 e. The third-order valence-electron chi connectivity index (χ3n) is 5.15. The molecule has 1 fully saturated rings. The van der Waals surface area contributed by atoms with E-state index in [4.69, 9.17) is 5.73 Å². The second-order valence-electron chi connectivity index (χ2n) is 6.92. The van der Waals surface area contributed by atoms with Crippen LogP contribution in [0.4, 0.5) is 14.5 Å². The van der Waals surface area contributed by atoms with Gasteiger partial charge >= 0.3 is 0 Å². The predicted octanol–water partition coefficient (Wildman–Crippen LogP) is 4.23. The Morgan fingerprint density at radius 1 is 1.03 bits per heavy atom. The average molecular weight is 446 g/mol. The molecule has 1 saturated heterocycles. The Kier molecular flexibility index (Phi) is 9.83. The van der Waals surface area contributed by atoms with E-state index >= 15 is 0 Å². The Hall–Kier alpha value is -1.89. The van der Waals surface area contributed by atoms with E-state index in [2.05, 4.69) is 4.90 Å². The van der Waals surface area contributed by atoms with Crippen molar-refractivity contribution in [3.05, 3.63) is 65.2 Å². The second kappa shape index (κ2) is 11.3. The molecule has 3 rings (SSSR count). The van der Waals surface area contributed by atoms with Crippen molar-refractivity contribution in [2.75, 3.05) is 31.9 Å². The zero-order valence-corrected chi connectivity index (χ0v) is 17.9. The summed E-state index contributed by atoms with van der Waals surface area (Å²) in [5.41, 5.74) is 7.81. The molecule has 1 heterocycles. The largest absolute Gasteiger partial charge is 0.399 e. The molecule has 1 aliphatic heterocycles. The SMILES string of the molecule is CCC(c1ccc(F)cc1F)N1CCN(C(=O)Cc2ccc(N)cc2)CC1.Cl.Cl. The molecule has 0 saturated carbocycles. The van der Waals surface area contributed by atoms with Gasteiger partial charge in [0.15, 0.2) is 0 Å². The first kappa shape index (κ1) is 25.1. The van der Waals surface area contributed by atoms with Crippen molar-refractivity contribution in [3.63, 3.8) is 0 Å². The maximum atomic E-state index is 14.2. The number of carbonyl (C=O) groups excluding carboxylic acids is 1. The average Bonchev–Trinajstić information content (AvgIpc) is 2.66. The summed E-state index contributed by atoms with van der Waals surface area (Å²) in [6.45, 7) is 4.54. The van der Waals surface area contributed by atoms with Crippen molar-refractivity contribution >= 4 is 36.4 Å². The van der Waals surface area contributed by atoms with Gasteiger partial charge in [0.05, 0.1) is 6.42 Å². The number of hydrogen-bond acceptors (Lipinski definition) is 3. The van der Waals surface area contributed by atoms with Crippen LogP contribution in [0.15, 0.2) is 42.5 Å². The molecule has 1 atom stereocenters. The third-order valence-corrected chi connectivity index (χ3v) is 5.15. The summed E-state index contributed by atoms with van der Waals surface area (Å²) in [5.74, 6) is -0.992. The van der Waals surface area contributed by atoms with Crippen molar-refractivity contribution < 1.29 is 13.6 Å². The number of benzene rings is 2. The molecule has 0 aromatic heterocycles. The highest BCUT2D eigenvalue weighted by Crippen LogP contribution is 2.28. The highest BCUT2D eigenvalue weighted by molar-refractivity contribution is 5.85. The van der Waals surface area contributed by atoms with Gasteiger partial charge in [-0.05, 0) is 30.2 Å². The van der Waals surface area contributed by atoms with E-state index in [0.717, 1.165) is 18.1 Å². The Labute approximate surface area is 182 Å². The number of rotatable bonds is 5. The van der Waals surface area contributed by atoms with Crippen LogP contribution < -0.4 is 5.73 Å². The van der Waals surface area contributed by atoms with Crippen molar-refractivity contribution in [2.24, 2.45) is 0 Å². The van der Waals surface area contributed by atoms with E-state index in [-0.39, 0.29) is 36.8 Å². The number of piperazine rings is 1. The number of halogens is 4. The van der Waals surface area contributed by atoms with Crippen LogP contribution in [0.2, 0.25) is 0 Å². The van der Waals surface area contributed by atoms with Gasteiger partial charge in [0.1, 0.15) is 11.6 Å². The molecule has 160 valence electrons. The van der Waals surface area contributed by atoms with Crippen LogP contribution in [0, 0.1) is 11.6 Å². The number of anilines is 1. The molecule has 0 bridgehead atoms. The van der Waals surface area contributed by atoms with Gasteiger partial charge in [0.2, 0.25) is 5.91 Å². The highest BCUT2D eigenvalue weighted by Gasteiger charge is 2.27. The van der Waals surface area contributed by atoms with Crippen molar-refractivity contribution in [1.29, 1.82) is 0 Å². The zero-order chi connectivity index (χ0) is 19.4. The summed E-state index contributed by atoms with van der Waals surface area (Å²) in [5, 5.41) is 0. The van der Waals surface area contributed by atoms with Crippen LogP contribution >= 0.6 is 24.8 Å². The molecule has 8 heteroatoms. The molecule has 0 spiro atoms. The van der Waals surface area contributed by atoms with Gasteiger partial charge < -0.3 is 10.6 Å². The molecule has 0 radical (unpaired) electrons. The number of amides is 1. The van der Waals surface area contributed by atoms with Crippen LogP contribution in [-0.4, -0.2) is 41.9 Å². The Bertz CT molecular complexity index is 797. The van der Waals surface area contributed by atoms with Gasteiger partial charge in [-0.2, -0.15) is 0 Å². The number of nitrogens with zero attached hydrogens (tertiary/aromatic N) is 2. The van der Waals surface area contributed by atoms with E-state index in [1.54, 1.807) is 12.1 Å². The van der Waals surface area contributed by atoms with Crippen LogP contribution in [0.3, 0.4) is 0 Å². The van der Waals surface area contributed by atoms with Crippen LogP contribution in [0.5, 0.6) is 0 Å². The lowest BCUT2D eigenvalue weighted by Gasteiger charge is -2.39. The van der Waals surface area contributed by atoms with Gasteiger partial charge in [-0.3, -0.25) is 9.69 Å². The molecular weight excluding hydrogens is 419 g/mol. The van der Waals surface area contributed by atoms with E-state index < -0.39 is 11.6 Å². The maximum absolute atomic E-state index is 14.2. The molecule has 2 aromatic rings. The standard InChI is InChI=1S/C21H25F2N3O.2ClH/c1-2-20(18-8-5-16(22)14-19(18)23)25-9-11-26(12-10-25)21(27)13-15-3-6-17(24)7-4-15;;/h3-8,14,20H,2,9-13,24H2,1H3;2*1H. The number of nitrogens with two attached hydrogens (primary N) is 1. The lowest BCUT2D eigenvalue weighted by atomic mass is 10.0. The van der Waals surface area contributed by atoms with Gasteiger partial charge in [-0.25, -0.2) is 8.78 Å². The minimum atomic E-state index is -0.566. The normalized spacial score (nSPS) is 15.2. The second-order valence-corrected chi connectivity index (χ2v) is 6.92. The highest BCUT2D eigenvalue weighted by atomic mass is 35.5. The van der Waals surface area contributed by atoms with Crippen LogP contribution in [0.25, 0.3) is 0 Å². The third kappa shape index (κ3) is 6.29. The fraction of sp³-hybridized carbons (Fsp3) is 0.381. The Balaban J connectivity index is 0.00000210. The van der Waals surface area contributed by atoms with E-state index in [9.17, 15) is 13.6 Å². The molecule has 1 aliphatic rings. The van der Waals surface area contributed by atoms with Crippen LogP contribution in [0.1, 0.15) is 30.5 Å². The Morgan fingerprint density at radius 2 is 1.66 bits per heavy atom. The summed E-state index contributed by atoms with van der Waals surface area (Å²) in [4.78, 5) is 16.6. The van der Waals surface area contributed by atoms with Gasteiger partial charge in [0.25, 0.3) is 0 Å². The molecule has 1 amide bonds. The molecule has 2 N–H and O–H groups in total. The summed E-state index contributed by atoms with van der Waals surface area (Å²) in [6, 6.07) is 11.0. The van der Waals surface area contributed by atoms with E-state index in [0.29, 0.717) is 43.9 Å². The van der Waals surface area contributed by atoms with E-state index in [1.165, 1.54) is 12.1 Å². The zero-order valence-electron chi connectivity index (χ0n) is 16.3. The quantitative estimate of drug-likeness (QED) is 0.700. The van der Waals surface area contributed by atoms with Crippen molar-refractivity contribution in [3.8, 4) is 0 Å². The maximum Gasteiger partial charge on any atom is 0.227 e. The first-order valence-corrected chi connectivity index (χ1v) is 9.29. The topological polar surface area (TPSA) is 49.6 Å². The van der Waals surface area contributed by atoms with Gasteiger partial charge in [0, 0.05) is 49.5 Å². The predicted molar refractivity (Wildman–Crippen MR) is 117 cm³/mol. The summed E-state index contributed by atoms with van der Waals surface area (Å²) >= 11 is 0. The van der Waals surface area contributed by atoms with Gasteiger partial charge in [-0.1, -0.05) is 25.1 Å². The summed E-state index contributed by atoms with van der Waals surface area (Å²) in [7, 11) is 0. The number of carbonyl (C=O) groups is 1. The first-order chi connectivity index (χ1) is 13.0. The molecule has 4 nitrogen and oxygen atoms in total.